The van der Waals surface area contributed by atoms with Crippen molar-refractivity contribution in [3.63, 3.8) is 0 Å². The first-order valence-corrected chi connectivity index (χ1v) is 4.17. The van der Waals surface area contributed by atoms with Gasteiger partial charge >= 0.3 is 0 Å². The molecule has 0 heterocycles. The summed E-state index contributed by atoms with van der Waals surface area (Å²) in [5, 5.41) is 10.4. The summed E-state index contributed by atoms with van der Waals surface area (Å²) in [5.74, 6) is 0. The standard InChI is InChI=1S/C8H6BrNO2/c9-6-8(10(11)12)7-4-2-1-3-5-7/h1-6H. The van der Waals surface area contributed by atoms with E-state index in [4.69, 9.17) is 0 Å². The van der Waals surface area contributed by atoms with Gasteiger partial charge in [0.25, 0.3) is 5.70 Å². The molecule has 3 nitrogen and oxygen atoms in total. The van der Waals surface area contributed by atoms with E-state index in [9.17, 15) is 10.1 Å². The van der Waals surface area contributed by atoms with Crippen molar-refractivity contribution in [2.45, 2.75) is 0 Å². The van der Waals surface area contributed by atoms with E-state index in [0.29, 0.717) is 5.56 Å². The second kappa shape index (κ2) is 4.01. The molecule has 0 bridgehead atoms. The third kappa shape index (κ3) is 1.92. The van der Waals surface area contributed by atoms with Crippen LogP contribution < -0.4 is 0 Å². The topological polar surface area (TPSA) is 43.1 Å². The number of halogens is 1. The fourth-order valence-electron chi connectivity index (χ4n) is 0.817. The Morgan fingerprint density at radius 2 is 2.00 bits per heavy atom. The lowest BCUT2D eigenvalue weighted by Crippen LogP contribution is -1.95. The minimum atomic E-state index is -0.427. The van der Waals surface area contributed by atoms with Gasteiger partial charge in [-0.3, -0.25) is 10.1 Å². The minimum Gasteiger partial charge on any atom is -0.258 e. The van der Waals surface area contributed by atoms with E-state index in [0.717, 1.165) is 0 Å². The summed E-state index contributed by atoms with van der Waals surface area (Å²) < 4.78 is 0. The molecule has 0 fully saturated rings. The predicted molar refractivity (Wildman–Crippen MR) is 50.3 cm³/mol. The van der Waals surface area contributed by atoms with Crippen LogP contribution in [0.5, 0.6) is 0 Å². The number of hydrogen-bond donors (Lipinski definition) is 0. The smallest absolute Gasteiger partial charge is 0.258 e. The SMILES string of the molecule is O=[N+]([O-])C(=CBr)c1ccccc1. The molecule has 0 saturated carbocycles. The van der Waals surface area contributed by atoms with Crippen molar-refractivity contribution in [2.24, 2.45) is 0 Å². The Morgan fingerprint density at radius 3 is 2.42 bits per heavy atom. The van der Waals surface area contributed by atoms with Crippen LogP contribution in [0.1, 0.15) is 5.56 Å². The van der Waals surface area contributed by atoms with Crippen LogP contribution in [0.4, 0.5) is 0 Å². The van der Waals surface area contributed by atoms with Crippen molar-refractivity contribution in [1.82, 2.24) is 0 Å². The van der Waals surface area contributed by atoms with Gasteiger partial charge in [-0.2, -0.15) is 0 Å². The molecule has 4 heteroatoms. The third-order valence-electron chi connectivity index (χ3n) is 1.37. The molecule has 12 heavy (non-hydrogen) atoms. The summed E-state index contributed by atoms with van der Waals surface area (Å²) in [6.45, 7) is 0. The number of nitrogens with zero attached hydrogens (tertiary/aromatic N) is 1. The van der Waals surface area contributed by atoms with E-state index in [1.165, 1.54) is 4.99 Å². The van der Waals surface area contributed by atoms with Crippen molar-refractivity contribution < 1.29 is 4.92 Å². The maximum Gasteiger partial charge on any atom is 0.283 e. The average molecular weight is 228 g/mol. The van der Waals surface area contributed by atoms with E-state index in [1.807, 2.05) is 6.07 Å². The second-order valence-electron chi connectivity index (χ2n) is 2.12. The minimum absolute atomic E-state index is 0.0654. The molecule has 0 aromatic heterocycles. The molecule has 0 atom stereocenters. The van der Waals surface area contributed by atoms with E-state index in [2.05, 4.69) is 15.9 Å². The summed E-state index contributed by atoms with van der Waals surface area (Å²) in [7, 11) is 0. The summed E-state index contributed by atoms with van der Waals surface area (Å²) in [4.78, 5) is 11.3. The average Bonchev–Trinajstić information content (AvgIpc) is 2.07. The van der Waals surface area contributed by atoms with Crippen LogP contribution >= 0.6 is 15.9 Å². The van der Waals surface area contributed by atoms with Gasteiger partial charge in [0.2, 0.25) is 0 Å². The highest BCUT2D eigenvalue weighted by atomic mass is 79.9. The number of rotatable bonds is 2. The van der Waals surface area contributed by atoms with Crippen LogP contribution in [0.15, 0.2) is 35.3 Å². The fourth-order valence-corrected chi connectivity index (χ4v) is 1.25. The number of nitro groups is 1. The van der Waals surface area contributed by atoms with E-state index in [1.54, 1.807) is 24.3 Å². The molecule has 0 saturated heterocycles. The molecule has 0 aliphatic rings. The van der Waals surface area contributed by atoms with Crippen molar-refractivity contribution in [3.8, 4) is 0 Å². The molecule has 1 aromatic rings. The van der Waals surface area contributed by atoms with E-state index in [-0.39, 0.29) is 5.70 Å². The Hall–Kier alpha value is -1.16. The monoisotopic (exact) mass is 227 g/mol. The maximum absolute atomic E-state index is 10.4. The fraction of sp³-hybridized carbons (Fsp3) is 0. The van der Waals surface area contributed by atoms with Gasteiger partial charge in [-0.25, -0.2) is 0 Å². The summed E-state index contributed by atoms with van der Waals surface area (Å²) in [6, 6.07) is 8.71. The first-order chi connectivity index (χ1) is 5.75. The highest BCUT2D eigenvalue weighted by molar-refractivity contribution is 9.11. The Morgan fingerprint density at radius 1 is 1.42 bits per heavy atom. The quantitative estimate of drug-likeness (QED) is 0.576. The molecular weight excluding hydrogens is 222 g/mol. The first kappa shape index (κ1) is 8.93. The summed E-state index contributed by atoms with van der Waals surface area (Å²) in [6.07, 6.45) is 0. The van der Waals surface area contributed by atoms with Crippen molar-refractivity contribution >= 4 is 21.6 Å². The Bertz CT molecular complexity index is 308. The highest BCUT2D eigenvalue weighted by Gasteiger charge is 2.11. The molecular formula is C8H6BrNO2. The second-order valence-corrected chi connectivity index (χ2v) is 2.58. The maximum atomic E-state index is 10.4. The van der Waals surface area contributed by atoms with E-state index < -0.39 is 4.92 Å². The van der Waals surface area contributed by atoms with Crippen molar-refractivity contribution in [3.05, 3.63) is 51.0 Å². The molecule has 62 valence electrons. The Labute approximate surface area is 78.0 Å². The largest absolute Gasteiger partial charge is 0.283 e. The highest BCUT2D eigenvalue weighted by Crippen LogP contribution is 2.15. The first-order valence-electron chi connectivity index (χ1n) is 3.26. The van der Waals surface area contributed by atoms with Gasteiger partial charge in [0.05, 0.1) is 15.5 Å². The van der Waals surface area contributed by atoms with Gasteiger partial charge < -0.3 is 0 Å². The molecule has 1 aromatic carbocycles. The lowest BCUT2D eigenvalue weighted by atomic mass is 10.2. The summed E-state index contributed by atoms with van der Waals surface area (Å²) in [5.41, 5.74) is 0.662. The molecule has 0 radical (unpaired) electrons. The zero-order chi connectivity index (χ0) is 8.97. The molecule has 0 spiro atoms. The molecule has 0 aliphatic carbocycles. The molecule has 0 amide bonds. The van der Waals surface area contributed by atoms with Gasteiger partial charge in [0.15, 0.2) is 0 Å². The predicted octanol–water partition coefficient (Wildman–Crippen LogP) is 2.66. The van der Waals surface area contributed by atoms with Crippen molar-refractivity contribution in [1.29, 1.82) is 0 Å². The van der Waals surface area contributed by atoms with Gasteiger partial charge in [0, 0.05) is 0 Å². The van der Waals surface area contributed by atoms with Gasteiger partial charge in [-0.1, -0.05) is 34.1 Å². The van der Waals surface area contributed by atoms with Crippen LogP contribution in [0.2, 0.25) is 0 Å². The van der Waals surface area contributed by atoms with E-state index >= 15 is 0 Å². The zero-order valence-electron chi connectivity index (χ0n) is 6.11. The number of hydrogen-bond acceptors (Lipinski definition) is 2. The normalized spacial score (nSPS) is 11.2. The van der Waals surface area contributed by atoms with Crippen molar-refractivity contribution in [2.75, 3.05) is 0 Å². The summed E-state index contributed by atoms with van der Waals surface area (Å²) >= 11 is 2.95. The van der Waals surface area contributed by atoms with Crippen LogP contribution in [0.3, 0.4) is 0 Å². The molecule has 1 rings (SSSR count). The lowest BCUT2D eigenvalue weighted by molar-refractivity contribution is -0.375. The molecule has 0 N–H and O–H groups in total. The van der Waals surface area contributed by atoms with Crippen LogP contribution in [0.25, 0.3) is 5.70 Å². The van der Waals surface area contributed by atoms with Gasteiger partial charge in [-0.15, -0.1) is 0 Å². The Kier molecular flexibility index (Phi) is 2.99. The zero-order valence-corrected chi connectivity index (χ0v) is 7.69. The molecule has 0 aliphatic heterocycles. The lowest BCUT2D eigenvalue weighted by Gasteiger charge is -1.95. The third-order valence-corrected chi connectivity index (χ3v) is 1.80. The number of benzene rings is 1. The van der Waals surface area contributed by atoms with Crippen LogP contribution in [0, 0.1) is 10.1 Å². The molecule has 0 unspecified atom stereocenters. The Balaban J connectivity index is 3.05. The van der Waals surface area contributed by atoms with Gasteiger partial charge in [0.1, 0.15) is 0 Å². The van der Waals surface area contributed by atoms with Crippen LogP contribution in [-0.2, 0) is 0 Å². The van der Waals surface area contributed by atoms with Crippen LogP contribution in [-0.4, -0.2) is 4.92 Å². The van der Waals surface area contributed by atoms with Gasteiger partial charge in [-0.05, 0) is 12.1 Å².